The first-order valence-electron chi connectivity index (χ1n) is 11.6. The van der Waals surface area contributed by atoms with Crippen molar-refractivity contribution in [3.05, 3.63) is 119 Å². The fourth-order valence-electron chi connectivity index (χ4n) is 4.13. The molecule has 0 amide bonds. The molecule has 0 aliphatic carbocycles. The summed E-state index contributed by atoms with van der Waals surface area (Å²) in [6.07, 6.45) is 0. The van der Waals surface area contributed by atoms with Gasteiger partial charge in [-0.3, -0.25) is 4.79 Å². The summed E-state index contributed by atoms with van der Waals surface area (Å²) in [4.78, 5) is 17.3. The summed E-state index contributed by atoms with van der Waals surface area (Å²) in [6.45, 7) is 1.85. The van der Waals surface area contributed by atoms with E-state index in [0.717, 1.165) is 35.3 Å². The molecule has 0 unspecified atom stereocenters. The van der Waals surface area contributed by atoms with E-state index in [0.29, 0.717) is 11.1 Å². The van der Waals surface area contributed by atoms with Crippen LogP contribution in [0.3, 0.4) is 0 Å². The van der Waals surface area contributed by atoms with E-state index < -0.39 is 0 Å². The van der Waals surface area contributed by atoms with Crippen LogP contribution in [-0.4, -0.2) is 43.8 Å². The molecule has 4 heteroatoms. The van der Waals surface area contributed by atoms with Gasteiger partial charge >= 0.3 is 0 Å². The minimum Gasteiger partial charge on any atom is -0.305 e. The predicted octanol–water partition coefficient (Wildman–Crippen LogP) is 6.80. The lowest BCUT2D eigenvalue weighted by Crippen LogP contribution is -2.10. The molecule has 0 N–H and O–H groups in total. The maximum atomic E-state index is 13.0. The molecule has 0 saturated carbocycles. The van der Waals surface area contributed by atoms with E-state index in [4.69, 9.17) is 0 Å². The number of nitrogens with zero attached hydrogens (tertiary/aromatic N) is 2. The van der Waals surface area contributed by atoms with Crippen LogP contribution in [0.2, 0.25) is 0 Å². The zero-order valence-electron chi connectivity index (χ0n) is 20.9. The van der Waals surface area contributed by atoms with Crippen molar-refractivity contribution in [1.29, 1.82) is 0 Å². The third kappa shape index (κ3) is 6.89. The summed E-state index contributed by atoms with van der Waals surface area (Å²) in [6, 6.07) is 33.0. The summed E-state index contributed by atoms with van der Waals surface area (Å²) in [5.41, 5.74) is 8.51. The van der Waals surface area contributed by atoms with Crippen LogP contribution in [0.15, 0.2) is 97.1 Å². The molecule has 0 atom stereocenters. The van der Waals surface area contributed by atoms with Gasteiger partial charge < -0.3 is 9.80 Å². The zero-order chi connectivity index (χ0) is 24.1. The van der Waals surface area contributed by atoms with Crippen molar-refractivity contribution in [2.24, 2.45) is 0 Å². The largest absolute Gasteiger partial charge is 0.305 e. The molecular weight excluding hydrogens is 452 g/mol. The first-order valence-corrected chi connectivity index (χ1v) is 11.6. The fraction of sp³-hybridized carbons (Fsp3) is 0.194. The lowest BCUT2D eigenvalue weighted by molar-refractivity contribution is 0.103. The van der Waals surface area contributed by atoms with Gasteiger partial charge in [0.15, 0.2) is 5.78 Å². The first kappa shape index (κ1) is 26.4. The van der Waals surface area contributed by atoms with Gasteiger partial charge in [-0.2, -0.15) is 0 Å². The van der Waals surface area contributed by atoms with E-state index in [-0.39, 0.29) is 18.2 Å². The molecule has 0 saturated heterocycles. The van der Waals surface area contributed by atoms with Gasteiger partial charge in [0.25, 0.3) is 0 Å². The summed E-state index contributed by atoms with van der Waals surface area (Å²) in [7, 11) is 8.28. The molecule has 4 rings (SSSR count). The quantitative estimate of drug-likeness (QED) is 0.257. The van der Waals surface area contributed by atoms with E-state index in [1.165, 1.54) is 11.1 Å². The van der Waals surface area contributed by atoms with E-state index >= 15 is 0 Å². The molecule has 4 aromatic rings. The summed E-state index contributed by atoms with van der Waals surface area (Å²) < 4.78 is 0. The molecular formula is C31H33ClN2O. The Morgan fingerprint density at radius 1 is 0.486 bits per heavy atom. The van der Waals surface area contributed by atoms with Crippen LogP contribution in [-0.2, 0) is 13.1 Å². The second-order valence-corrected chi connectivity index (χ2v) is 9.35. The fourth-order valence-corrected chi connectivity index (χ4v) is 4.13. The van der Waals surface area contributed by atoms with Crippen molar-refractivity contribution in [3.8, 4) is 22.3 Å². The van der Waals surface area contributed by atoms with Crippen molar-refractivity contribution in [1.82, 2.24) is 9.80 Å². The standard InChI is InChI=1S/C31H32N2O.ClH/c1-32(2)21-23-5-9-25(10-6-23)27-13-17-29(18-14-27)31(34)30-19-15-28(16-20-30)26-11-7-24(8-12-26)22-33(3)4;/h5-20H,21-22H2,1-4H3;1H. The Morgan fingerprint density at radius 2 is 0.743 bits per heavy atom. The summed E-state index contributed by atoms with van der Waals surface area (Å²) in [5.74, 6) is 0.0424. The average molecular weight is 485 g/mol. The maximum absolute atomic E-state index is 13.0. The van der Waals surface area contributed by atoms with Gasteiger partial charge in [-0.05, 0) is 61.6 Å². The summed E-state index contributed by atoms with van der Waals surface area (Å²) >= 11 is 0. The van der Waals surface area contributed by atoms with Gasteiger partial charge in [0.05, 0.1) is 0 Å². The smallest absolute Gasteiger partial charge is 0.193 e. The Balaban J connectivity index is 0.00000342. The minimum absolute atomic E-state index is 0. The second-order valence-electron chi connectivity index (χ2n) is 9.35. The van der Waals surface area contributed by atoms with Crippen LogP contribution in [0.25, 0.3) is 22.3 Å². The van der Waals surface area contributed by atoms with E-state index in [9.17, 15) is 4.79 Å². The van der Waals surface area contributed by atoms with Crippen LogP contribution >= 0.6 is 12.4 Å². The Morgan fingerprint density at radius 3 is 1.00 bits per heavy atom. The Bertz CT molecular complexity index is 1130. The number of carbonyl (C=O) groups is 1. The highest BCUT2D eigenvalue weighted by atomic mass is 35.5. The molecule has 35 heavy (non-hydrogen) atoms. The Labute approximate surface area is 215 Å². The molecule has 0 radical (unpaired) electrons. The van der Waals surface area contributed by atoms with Gasteiger partial charge in [-0.15, -0.1) is 12.4 Å². The number of ketones is 1. The van der Waals surface area contributed by atoms with Crippen LogP contribution in [0.1, 0.15) is 27.0 Å². The number of carbonyl (C=O) groups excluding carboxylic acids is 1. The van der Waals surface area contributed by atoms with Crippen molar-refractivity contribution in [2.45, 2.75) is 13.1 Å². The molecule has 0 heterocycles. The monoisotopic (exact) mass is 484 g/mol. The predicted molar refractivity (Wildman–Crippen MR) is 149 cm³/mol. The van der Waals surface area contributed by atoms with E-state index in [2.05, 4.69) is 86.5 Å². The second kappa shape index (κ2) is 11.9. The molecule has 0 bridgehead atoms. The minimum atomic E-state index is 0. The Hall–Kier alpha value is -3.24. The third-order valence-electron chi connectivity index (χ3n) is 5.87. The molecule has 3 nitrogen and oxygen atoms in total. The SMILES string of the molecule is CN(C)Cc1ccc(-c2ccc(C(=O)c3ccc(-c4ccc(CN(C)C)cc4)cc3)cc2)cc1.Cl. The summed E-state index contributed by atoms with van der Waals surface area (Å²) in [5, 5.41) is 0. The lowest BCUT2D eigenvalue weighted by atomic mass is 9.97. The number of benzene rings is 4. The van der Waals surface area contributed by atoms with Crippen molar-refractivity contribution < 1.29 is 4.79 Å². The van der Waals surface area contributed by atoms with Crippen molar-refractivity contribution >= 4 is 18.2 Å². The topological polar surface area (TPSA) is 23.6 Å². The number of halogens is 1. The number of rotatable bonds is 8. The molecule has 0 fully saturated rings. The van der Waals surface area contributed by atoms with E-state index in [1.807, 2.05) is 48.5 Å². The van der Waals surface area contributed by atoms with E-state index in [1.54, 1.807) is 0 Å². The van der Waals surface area contributed by atoms with Gasteiger partial charge in [0.1, 0.15) is 0 Å². The number of hydrogen-bond acceptors (Lipinski definition) is 3. The first-order chi connectivity index (χ1) is 16.4. The maximum Gasteiger partial charge on any atom is 0.193 e. The highest BCUT2D eigenvalue weighted by Crippen LogP contribution is 2.24. The van der Waals surface area contributed by atoms with Crippen LogP contribution in [0, 0.1) is 0 Å². The molecule has 0 spiro atoms. The van der Waals surface area contributed by atoms with Crippen molar-refractivity contribution in [2.75, 3.05) is 28.2 Å². The molecule has 0 aliphatic heterocycles. The molecule has 180 valence electrons. The highest BCUT2D eigenvalue weighted by Gasteiger charge is 2.10. The molecule has 0 aliphatic rings. The lowest BCUT2D eigenvalue weighted by Gasteiger charge is -2.11. The van der Waals surface area contributed by atoms with Crippen LogP contribution in [0.4, 0.5) is 0 Å². The highest BCUT2D eigenvalue weighted by molar-refractivity contribution is 6.09. The van der Waals surface area contributed by atoms with Crippen molar-refractivity contribution in [3.63, 3.8) is 0 Å². The Kier molecular flexibility index (Phi) is 9.00. The number of hydrogen-bond donors (Lipinski definition) is 0. The van der Waals surface area contributed by atoms with Gasteiger partial charge in [-0.1, -0.05) is 97.1 Å². The molecule has 0 aromatic heterocycles. The van der Waals surface area contributed by atoms with Gasteiger partial charge in [0, 0.05) is 24.2 Å². The van der Waals surface area contributed by atoms with Gasteiger partial charge in [-0.25, -0.2) is 0 Å². The normalized spacial score (nSPS) is 10.9. The van der Waals surface area contributed by atoms with Crippen LogP contribution < -0.4 is 0 Å². The zero-order valence-corrected chi connectivity index (χ0v) is 21.7. The van der Waals surface area contributed by atoms with Crippen LogP contribution in [0.5, 0.6) is 0 Å². The molecule has 4 aromatic carbocycles. The third-order valence-corrected chi connectivity index (χ3v) is 5.87. The average Bonchev–Trinajstić information content (AvgIpc) is 2.84. The van der Waals surface area contributed by atoms with Gasteiger partial charge in [0.2, 0.25) is 0 Å².